The molecule has 0 aliphatic carbocycles. The monoisotopic (exact) mass is 417 g/mol. The summed E-state index contributed by atoms with van der Waals surface area (Å²) in [5, 5.41) is 0. The first-order chi connectivity index (χ1) is 15.7. The van der Waals surface area contributed by atoms with Crippen LogP contribution in [0.4, 0.5) is 0 Å². The summed E-state index contributed by atoms with van der Waals surface area (Å²) in [6.07, 6.45) is 3.23. The Morgan fingerprint density at radius 3 is 1.69 bits per heavy atom. The zero-order chi connectivity index (χ0) is 22.2. The van der Waals surface area contributed by atoms with Gasteiger partial charge in [0.2, 0.25) is 0 Å². The van der Waals surface area contributed by atoms with E-state index in [0.29, 0.717) is 0 Å². The van der Waals surface area contributed by atoms with E-state index in [-0.39, 0.29) is 5.78 Å². The fourth-order valence-corrected chi connectivity index (χ4v) is 4.60. The SMILES string of the molecule is CC(=O)C(CCc1ccccc1)(CCc1ccccc1)c1[c]cccc1-c1ccccc1. The summed E-state index contributed by atoms with van der Waals surface area (Å²) in [5.41, 5.74) is 5.17. The normalized spacial score (nSPS) is 11.3. The lowest BCUT2D eigenvalue weighted by Crippen LogP contribution is -2.36. The number of Topliss-reactive ketones (excluding diaryl/α,β-unsaturated/α-hetero) is 1. The molecule has 0 aromatic heterocycles. The molecule has 0 unspecified atom stereocenters. The van der Waals surface area contributed by atoms with Crippen molar-refractivity contribution < 1.29 is 4.79 Å². The van der Waals surface area contributed by atoms with Gasteiger partial charge in [-0.2, -0.15) is 0 Å². The van der Waals surface area contributed by atoms with Crippen LogP contribution in [0.3, 0.4) is 0 Å². The van der Waals surface area contributed by atoms with Crippen molar-refractivity contribution in [3.8, 4) is 11.1 Å². The maximum atomic E-state index is 13.5. The minimum absolute atomic E-state index is 0.212. The number of carbonyl (C=O) groups is 1. The van der Waals surface area contributed by atoms with Gasteiger partial charge in [0.25, 0.3) is 0 Å². The molecule has 1 heteroatoms. The third-order valence-corrected chi connectivity index (χ3v) is 6.46. The van der Waals surface area contributed by atoms with Crippen molar-refractivity contribution in [3.63, 3.8) is 0 Å². The molecule has 0 saturated carbocycles. The van der Waals surface area contributed by atoms with E-state index in [9.17, 15) is 4.79 Å². The summed E-state index contributed by atoms with van der Waals surface area (Å²) < 4.78 is 0. The maximum Gasteiger partial charge on any atom is 0.140 e. The number of aryl methyl sites for hydroxylation is 2. The zero-order valence-corrected chi connectivity index (χ0v) is 18.6. The predicted octanol–water partition coefficient (Wildman–Crippen LogP) is 7.25. The second kappa shape index (κ2) is 10.2. The van der Waals surface area contributed by atoms with Gasteiger partial charge < -0.3 is 0 Å². The van der Waals surface area contributed by atoms with Crippen LogP contribution in [0.2, 0.25) is 0 Å². The first kappa shape index (κ1) is 21.8. The molecule has 0 heterocycles. The topological polar surface area (TPSA) is 17.1 Å². The van der Waals surface area contributed by atoms with Crippen LogP contribution < -0.4 is 0 Å². The van der Waals surface area contributed by atoms with Gasteiger partial charge in [0, 0.05) is 0 Å². The van der Waals surface area contributed by atoms with Gasteiger partial charge in [-0.05, 0) is 66.5 Å². The standard InChI is InChI=1S/C31H29O/c1-25(32)31(23-21-26-13-5-2-6-14-26,24-22-27-15-7-3-8-16-27)30-20-12-11-19-29(30)28-17-9-4-10-18-28/h2-19H,21-24H2,1H3. The van der Waals surface area contributed by atoms with E-state index in [0.717, 1.165) is 42.4 Å². The summed E-state index contributed by atoms with van der Waals surface area (Å²) in [4.78, 5) is 13.5. The molecular weight excluding hydrogens is 388 g/mol. The quantitative estimate of drug-likeness (QED) is 0.280. The Hall–Kier alpha value is -3.45. The minimum Gasteiger partial charge on any atom is -0.299 e. The van der Waals surface area contributed by atoms with E-state index in [4.69, 9.17) is 0 Å². The van der Waals surface area contributed by atoms with Crippen molar-refractivity contribution in [2.45, 2.75) is 38.0 Å². The molecule has 32 heavy (non-hydrogen) atoms. The molecule has 0 atom stereocenters. The number of rotatable bonds is 9. The second-order valence-electron chi connectivity index (χ2n) is 8.43. The third-order valence-electron chi connectivity index (χ3n) is 6.46. The fraction of sp³-hybridized carbons (Fsp3) is 0.194. The largest absolute Gasteiger partial charge is 0.299 e. The Morgan fingerprint density at radius 2 is 1.19 bits per heavy atom. The highest BCUT2D eigenvalue weighted by Gasteiger charge is 2.38. The third kappa shape index (κ3) is 4.89. The van der Waals surface area contributed by atoms with Crippen LogP contribution in [0.5, 0.6) is 0 Å². The Balaban J connectivity index is 1.78. The van der Waals surface area contributed by atoms with Crippen LogP contribution >= 0.6 is 0 Å². The van der Waals surface area contributed by atoms with Gasteiger partial charge in [0.1, 0.15) is 5.78 Å². The Bertz CT molecular complexity index is 1090. The van der Waals surface area contributed by atoms with E-state index in [1.54, 1.807) is 6.92 Å². The Kier molecular flexibility index (Phi) is 6.97. The molecule has 0 spiro atoms. The molecule has 0 bridgehead atoms. The van der Waals surface area contributed by atoms with Crippen molar-refractivity contribution in [1.29, 1.82) is 0 Å². The van der Waals surface area contributed by atoms with Crippen LogP contribution in [0.1, 0.15) is 36.5 Å². The Morgan fingerprint density at radius 1 is 0.688 bits per heavy atom. The molecule has 0 saturated heterocycles. The smallest absolute Gasteiger partial charge is 0.140 e. The lowest BCUT2D eigenvalue weighted by atomic mass is 9.67. The minimum atomic E-state index is -0.599. The lowest BCUT2D eigenvalue weighted by Gasteiger charge is -2.34. The predicted molar refractivity (Wildman–Crippen MR) is 133 cm³/mol. The van der Waals surface area contributed by atoms with Gasteiger partial charge in [-0.1, -0.05) is 109 Å². The highest BCUT2D eigenvalue weighted by Crippen LogP contribution is 2.40. The van der Waals surface area contributed by atoms with Gasteiger partial charge in [-0.3, -0.25) is 4.79 Å². The van der Waals surface area contributed by atoms with Gasteiger partial charge in [0.05, 0.1) is 5.41 Å². The number of ketones is 1. The number of hydrogen-bond donors (Lipinski definition) is 0. The van der Waals surface area contributed by atoms with E-state index in [1.165, 1.54) is 11.1 Å². The van der Waals surface area contributed by atoms with Crippen molar-refractivity contribution in [1.82, 2.24) is 0 Å². The molecular formula is C31H29O. The van der Waals surface area contributed by atoms with Crippen LogP contribution in [-0.2, 0) is 23.1 Å². The van der Waals surface area contributed by atoms with Gasteiger partial charge in [-0.15, -0.1) is 0 Å². The molecule has 4 aromatic carbocycles. The second-order valence-corrected chi connectivity index (χ2v) is 8.43. The number of benzene rings is 4. The molecule has 0 N–H and O–H groups in total. The average Bonchev–Trinajstić information content (AvgIpc) is 2.86. The molecule has 159 valence electrons. The fourth-order valence-electron chi connectivity index (χ4n) is 4.60. The van der Waals surface area contributed by atoms with Crippen LogP contribution in [0.25, 0.3) is 11.1 Å². The van der Waals surface area contributed by atoms with Gasteiger partial charge >= 0.3 is 0 Å². The summed E-state index contributed by atoms with van der Waals surface area (Å²) in [6, 6.07) is 40.9. The summed E-state index contributed by atoms with van der Waals surface area (Å²) in [5.74, 6) is 0.212. The number of hydrogen-bond acceptors (Lipinski definition) is 1. The van der Waals surface area contributed by atoms with Crippen LogP contribution in [0, 0.1) is 6.07 Å². The zero-order valence-electron chi connectivity index (χ0n) is 18.6. The first-order valence-corrected chi connectivity index (χ1v) is 11.3. The van der Waals surface area contributed by atoms with Crippen molar-refractivity contribution >= 4 is 5.78 Å². The summed E-state index contributed by atoms with van der Waals surface area (Å²) >= 11 is 0. The molecule has 0 aliphatic rings. The summed E-state index contributed by atoms with van der Waals surface area (Å²) in [6.45, 7) is 1.76. The Labute approximate surface area is 191 Å². The van der Waals surface area contributed by atoms with Gasteiger partial charge in [-0.25, -0.2) is 0 Å². The van der Waals surface area contributed by atoms with Gasteiger partial charge in [0.15, 0.2) is 0 Å². The number of carbonyl (C=O) groups excluding carboxylic acids is 1. The highest BCUT2D eigenvalue weighted by molar-refractivity contribution is 5.90. The molecule has 0 amide bonds. The van der Waals surface area contributed by atoms with E-state index >= 15 is 0 Å². The first-order valence-electron chi connectivity index (χ1n) is 11.3. The van der Waals surface area contributed by atoms with E-state index in [1.807, 2.05) is 30.3 Å². The van der Waals surface area contributed by atoms with Crippen LogP contribution in [-0.4, -0.2) is 5.78 Å². The maximum absolute atomic E-state index is 13.5. The molecule has 0 fully saturated rings. The molecule has 0 aliphatic heterocycles. The average molecular weight is 418 g/mol. The molecule has 4 rings (SSSR count). The molecule has 1 nitrogen and oxygen atoms in total. The molecule has 4 aromatic rings. The lowest BCUT2D eigenvalue weighted by molar-refractivity contribution is -0.123. The summed E-state index contributed by atoms with van der Waals surface area (Å²) in [7, 11) is 0. The highest BCUT2D eigenvalue weighted by atomic mass is 16.1. The van der Waals surface area contributed by atoms with Crippen LogP contribution in [0.15, 0.2) is 109 Å². The molecule has 1 radical (unpaired) electrons. The van der Waals surface area contributed by atoms with E-state index < -0.39 is 5.41 Å². The van der Waals surface area contributed by atoms with Crippen molar-refractivity contribution in [2.75, 3.05) is 0 Å². The van der Waals surface area contributed by atoms with E-state index in [2.05, 4.69) is 84.9 Å². The van der Waals surface area contributed by atoms with Crippen molar-refractivity contribution in [2.24, 2.45) is 0 Å². The van der Waals surface area contributed by atoms with Crippen molar-refractivity contribution in [3.05, 3.63) is 132 Å².